The van der Waals surface area contributed by atoms with Crippen LogP contribution in [0.5, 0.6) is 11.5 Å². The van der Waals surface area contributed by atoms with Crippen molar-refractivity contribution in [2.75, 3.05) is 14.2 Å². The van der Waals surface area contributed by atoms with E-state index in [9.17, 15) is 4.79 Å². The van der Waals surface area contributed by atoms with Gasteiger partial charge in [-0.25, -0.2) is 4.98 Å². The summed E-state index contributed by atoms with van der Waals surface area (Å²) < 4.78 is 12.8. The van der Waals surface area contributed by atoms with Crippen molar-refractivity contribution >= 4 is 21.7 Å². The van der Waals surface area contributed by atoms with Crippen molar-refractivity contribution in [2.45, 2.75) is 0 Å². The minimum absolute atomic E-state index is 0.194. The third kappa shape index (κ3) is 2.49. The molecule has 0 N–H and O–H groups in total. The minimum Gasteiger partial charge on any atom is -0.495 e. The lowest BCUT2D eigenvalue weighted by atomic mass is 10.1. The number of ketones is 1. The van der Waals surface area contributed by atoms with Gasteiger partial charge in [0.15, 0.2) is 0 Å². The second kappa shape index (κ2) is 5.44. The molecular formula is C13H13BrN2O3. The molecule has 0 saturated heterocycles. The van der Waals surface area contributed by atoms with E-state index < -0.39 is 0 Å². The summed E-state index contributed by atoms with van der Waals surface area (Å²) in [6.07, 6.45) is 3.25. The summed E-state index contributed by atoms with van der Waals surface area (Å²) >= 11 is 3.37. The highest BCUT2D eigenvalue weighted by molar-refractivity contribution is 9.10. The molecule has 1 heterocycles. The lowest BCUT2D eigenvalue weighted by molar-refractivity contribution is 0.103. The van der Waals surface area contributed by atoms with Crippen molar-refractivity contribution in [3.8, 4) is 11.5 Å². The molecule has 6 heteroatoms. The summed E-state index contributed by atoms with van der Waals surface area (Å²) in [6.45, 7) is 0. The lowest BCUT2D eigenvalue weighted by Crippen LogP contribution is -2.05. The molecule has 100 valence electrons. The summed E-state index contributed by atoms with van der Waals surface area (Å²) in [4.78, 5) is 16.4. The Bertz CT molecular complexity index is 622. The Hall–Kier alpha value is -1.82. The van der Waals surface area contributed by atoms with Crippen LogP contribution in [0.1, 0.15) is 16.1 Å². The van der Waals surface area contributed by atoms with Crippen molar-refractivity contribution < 1.29 is 14.3 Å². The molecule has 0 amide bonds. The van der Waals surface area contributed by atoms with E-state index in [1.807, 2.05) is 7.05 Å². The van der Waals surface area contributed by atoms with Crippen LogP contribution >= 0.6 is 15.9 Å². The number of benzene rings is 1. The maximum absolute atomic E-state index is 12.4. The van der Waals surface area contributed by atoms with Crippen molar-refractivity contribution in [1.29, 1.82) is 0 Å². The number of carbonyl (C=O) groups excluding carboxylic acids is 1. The Kier molecular flexibility index (Phi) is 3.90. The van der Waals surface area contributed by atoms with Crippen molar-refractivity contribution in [3.63, 3.8) is 0 Å². The van der Waals surface area contributed by atoms with Crippen LogP contribution in [-0.4, -0.2) is 29.6 Å². The van der Waals surface area contributed by atoms with E-state index in [2.05, 4.69) is 20.9 Å². The third-order valence-electron chi connectivity index (χ3n) is 2.67. The van der Waals surface area contributed by atoms with Crippen molar-refractivity contribution in [3.05, 3.63) is 40.4 Å². The Morgan fingerprint density at radius 3 is 2.58 bits per heavy atom. The minimum atomic E-state index is -0.194. The number of hydrogen-bond acceptors (Lipinski definition) is 4. The van der Waals surface area contributed by atoms with Gasteiger partial charge in [-0.3, -0.25) is 4.79 Å². The fourth-order valence-electron chi connectivity index (χ4n) is 1.74. The highest BCUT2D eigenvalue weighted by atomic mass is 79.9. The zero-order valence-corrected chi connectivity index (χ0v) is 12.4. The zero-order chi connectivity index (χ0) is 14.0. The zero-order valence-electron chi connectivity index (χ0n) is 10.8. The highest BCUT2D eigenvalue weighted by Crippen LogP contribution is 2.37. The SMILES string of the molecule is COc1ccc(C(=O)c2cn(C)cn2)c(OC)c1Br. The topological polar surface area (TPSA) is 53.4 Å². The fourth-order valence-corrected chi connectivity index (χ4v) is 2.41. The first-order valence-corrected chi connectivity index (χ1v) is 6.31. The first-order valence-electron chi connectivity index (χ1n) is 5.51. The van der Waals surface area contributed by atoms with Gasteiger partial charge in [-0.05, 0) is 28.1 Å². The predicted octanol–water partition coefficient (Wildman–Crippen LogP) is 2.43. The van der Waals surface area contributed by atoms with Crippen molar-refractivity contribution in [1.82, 2.24) is 9.55 Å². The molecule has 1 aromatic carbocycles. The van der Waals surface area contributed by atoms with E-state index in [4.69, 9.17) is 9.47 Å². The quantitative estimate of drug-likeness (QED) is 0.810. The molecule has 2 aromatic rings. The number of nitrogens with zero attached hydrogens (tertiary/aromatic N) is 2. The molecule has 2 rings (SSSR count). The number of ether oxygens (including phenoxy) is 2. The van der Waals surface area contributed by atoms with Gasteiger partial charge in [0.1, 0.15) is 21.7 Å². The maximum atomic E-state index is 12.4. The molecule has 0 atom stereocenters. The molecule has 1 aromatic heterocycles. The van der Waals surface area contributed by atoms with E-state index in [0.29, 0.717) is 27.2 Å². The van der Waals surface area contributed by atoms with E-state index in [-0.39, 0.29) is 5.78 Å². The number of aryl methyl sites for hydroxylation is 1. The smallest absolute Gasteiger partial charge is 0.216 e. The van der Waals surface area contributed by atoms with Gasteiger partial charge in [-0.2, -0.15) is 0 Å². The number of methoxy groups -OCH3 is 2. The van der Waals surface area contributed by atoms with Gasteiger partial charge < -0.3 is 14.0 Å². The van der Waals surface area contributed by atoms with Gasteiger partial charge in [0.2, 0.25) is 5.78 Å². The normalized spacial score (nSPS) is 10.3. The number of rotatable bonds is 4. The van der Waals surface area contributed by atoms with Crippen LogP contribution in [-0.2, 0) is 7.05 Å². The number of hydrogen-bond donors (Lipinski definition) is 0. The monoisotopic (exact) mass is 324 g/mol. The number of halogens is 1. The first kappa shape index (κ1) is 13.6. The molecule has 0 bridgehead atoms. The van der Waals surface area contributed by atoms with Crippen LogP contribution in [0, 0.1) is 0 Å². The van der Waals surface area contributed by atoms with Crippen LogP contribution in [0.25, 0.3) is 0 Å². The van der Waals surface area contributed by atoms with Gasteiger partial charge in [0.25, 0.3) is 0 Å². The molecule has 0 unspecified atom stereocenters. The Balaban J connectivity index is 2.50. The third-order valence-corrected chi connectivity index (χ3v) is 3.42. The van der Waals surface area contributed by atoms with Crippen LogP contribution in [0.15, 0.2) is 29.1 Å². The van der Waals surface area contributed by atoms with Gasteiger partial charge in [-0.1, -0.05) is 0 Å². The van der Waals surface area contributed by atoms with Gasteiger partial charge in [0, 0.05) is 13.2 Å². The highest BCUT2D eigenvalue weighted by Gasteiger charge is 2.20. The molecule has 19 heavy (non-hydrogen) atoms. The summed E-state index contributed by atoms with van der Waals surface area (Å²) in [5.74, 6) is 0.852. The molecule has 0 radical (unpaired) electrons. The maximum Gasteiger partial charge on any atom is 0.216 e. The van der Waals surface area contributed by atoms with Crippen LogP contribution < -0.4 is 9.47 Å². The molecule has 0 saturated carbocycles. The van der Waals surface area contributed by atoms with E-state index >= 15 is 0 Å². The van der Waals surface area contributed by atoms with Gasteiger partial charge in [0.05, 0.1) is 26.1 Å². The number of carbonyl (C=O) groups is 1. The predicted molar refractivity (Wildman–Crippen MR) is 73.9 cm³/mol. The standard InChI is InChI=1S/C13H13BrN2O3/c1-16-6-9(15-7-16)12(17)8-4-5-10(18-2)11(14)13(8)19-3/h4-7H,1-3H3. The average molecular weight is 325 g/mol. The van der Waals surface area contributed by atoms with Crippen LogP contribution in [0.4, 0.5) is 0 Å². The second-order valence-electron chi connectivity index (χ2n) is 3.92. The van der Waals surface area contributed by atoms with Crippen LogP contribution in [0.2, 0.25) is 0 Å². The fraction of sp³-hybridized carbons (Fsp3) is 0.231. The van der Waals surface area contributed by atoms with Gasteiger partial charge >= 0.3 is 0 Å². The Morgan fingerprint density at radius 2 is 2.05 bits per heavy atom. The lowest BCUT2D eigenvalue weighted by Gasteiger charge is -2.11. The van der Waals surface area contributed by atoms with E-state index in [0.717, 1.165) is 0 Å². The van der Waals surface area contributed by atoms with Gasteiger partial charge in [-0.15, -0.1) is 0 Å². The first-order chi connectivity index (χ1) is 9.08. The number of imidazole rings is 1. The molecule has 0 fully saturated rings. The summed E-state index contributed by atoms with van der Waals surface area (Å²) in [5.41, 5.74) is 0.812. The molecule has 0 aliphatic heterocycles. The van der Waals surface area contributed by atoms with E-state index in [1.165, 1.54) is 7.11 Å². The molecule has 5 nitrogen and oxygen atoms in total. The molecule has 0 aliphatic carbocycles. The average Bonchev–Trinajstić information content (AvgIpc) is 2.84. The largest absolute Gasteiger partial charge is 0.495 e. The summed E-state index contributed by atoms with van der Waals surface area (Å²) in [6, 6.07) is 3.38. The van der Waals surface area contributed by atoms with Crippen LogP contribution in [0.3, 0.4) is 0 Å². The Morgan fingerprint density at radius 1 is 1.32 bits per heavy atom. The van der Waals surface area contributed by atoms with E-state index in [1.54, 1.807) is 36.3 Å². The molecule has 0 spiro atoms. The summed E-state index contributed by atoms with van der Waals surface area (Å²) in [5, 5.41) is 0. The number of aromatic nitrogens is 2. The second-order valence-corrected chi connectivity index (χ2v) is 4.71. The Labute approximate surface area is 119 Å². The molecular weight excluding hydrogens is 312 g/mol. The van der Waals surface area contributed by atoms with Crippen molar-refractivity contribution in [2.24, 2.45) is 7.05 Å². The molecule has 0 aliphatic rings. The summed E-state index contributed by atoms with van der Waals surface area (Å²) in [7, 11) is 4.87.